The summed E-state index contributed by atoms with van der Waals surface area (Å²) in [7, 11) is -3.38. The van der Waals surface area contributed by atoms with Gasteiger partial charge in [0.1, 0.15) is 11.2 Å². The van der Waals surface area contributed by atoms with Crippen molar-refractivity contribution in [2.45, 2.75) is 12.3 Å². The van der Waals surface area contributed by atoms with E-state index in [1.54, 1.807) is 6.92 Å². The van der Waals surface area contributed by atoms with Crippen molar-refractivity contribution in [3.63, 3.8) is 0 Å². The fourth-order valence-corrected chi connectivity index (χ4v) is 5.09. The number of carbonyl (C=O) groups is 1. The molecule has 5 nitrogen and oxygen atoms in total. The molecule has 2 N–H and O–H groups in total. The van der Waals surface area contributed by atoms with Gasteiger partial charge in [0.2, 0.25) is 0 Å². The van der Waals surface area contributed by atoms with E-state index in [0.717, 1.165) is 6.07 Å². The zero-order valence-electron chi connectivity index (χ0n) is 11.6. The molecule has 0 saturated carbocycles. The molecule has 21 heavy (non-hydrogen) atoms. The van der Waals surface area contributed by atoms with Gasteiger partial charge in [-0.25, -0.2) is 12.8 Å². The Bertz CT molecular complexity index is 649. The summed E-state index contributed by atoms with van der Waals surface area (Å²) >= 11 is 1.50. The lowest BCUT2D eigenvalue weighted by molar-refractivity contribution is 0.0749. The van der Waals surface area contributed by atoms with Crippen LogP contribution < -0.4 is 5.73 Å². The topological polar surface area (TPSA) is 80.5 Å². The third-order valence-electron chi connectivity index (χ3n) is 3.41. The maximum absolute atomic E-state index is 13.5. The molecule has 1 atom stereocenters. The van der Waals surface area contributed by atoms with Crippen molar-refractivity contribution in [1.29, 1.82) is 0 Å². The Morgan fingerprint density at radius 1 is 1.52 bits per heavy atom. The second-order valence-electron chi connectivity index (χ2n) is 4.72. The molecule has 0 spiro atoms. The Balaban J connectivity index is 2.33. The highest BCUT2D eigenvalue weighted by atomic mass is 32.2. The molecule has 0 bridgehead atoms. The molecule has 1 unspecified atom stereocenters. The lowest BCUT2D eigenvalue weighted by Gasteiger charge is -2.34. The second-order valence-corrected chi connectivity index (χ2v) is 8.31. The Kier molecular flexibility index (Phi) is 4.77. The SMILES string of the molecule is CCS(=O)(=O)C1CSCCN1C(=O)c1ccc(N)c(F)c1. The largest absolute Gasteiger partial charge is 0.396 e. The van der Waals surface area contributed by atoms with Gasteiger partial charge in [-0.1, -0.05) is 6.92 Å². The Labute approximate surface area is 127 Å². The van der Waals surface area contributed by atoms with Crippen LogP contribution in [0.4, 0.5) is 10.1 Å². The van der Waals surface area contributed by atoms with E-state index >= 15 is 0 Å². The van der Waals surface area contributed by atoms with Crippen LogP contribution >= 0.6 is 11.8 Å². The molecule has 1 aromatic carbocycles. The third-order valence-corrected chi connectivity index (χ3v) is 6.70. The molecule has 1 heterocycles. The predicted octanol–water partition coefficient (Wildman–Crippen LogP) is 1.36. The van der Waals surface area contributed by atoms with Crippen LogP contribution in [0.3, 0.4) is 0 Å². The van der Waals surface area contributed by atoms with E-state index < -0.39 is 26.9 Å². The first-order valence-corrected chi connectivity index (χ1v) is 9.39. The summed E-state index contributed by atoms with van der Waals surface area (Å²) in [6.45, 7) is 1.89. The molecule has 1 amide bonds. The highest BCUT2D eigenvalue weighted by molar-refractivity contribution is 8.01. The fraction of sp³-hybridized carbons (Fsp3) is 0.462. The molecule has 1 aliphatic heterocycles. The number of anilines is 1. The van der Waals surface area contributed by atoms with Crippen molar-refractivity contribution < 1.29 is 17.6 Å². The van der Waals surface area contributed by atoms with Crippen LogP contribution in [0.2, 0.25) is 0 Å². The average molecular weight is 332 g/mol. The standard InChI is InChI=1S/C13H17FN2O3S2/c1-2-21(18,19)12-8-20-6-5-16(12)13(17)9-3-4-11(15)10(14)7-9/h3-4,7,12H,2,5-6,8,15H2,1H3. The quantitative estimate of drug-likeness (QED) is 0.845. The first kappa shape index (κ1) is 16.1. The Hall–Kier alpha value is -1.28. The highest BCUT2D eigenvalue weighted by Crippen LogP contribution is 2.24. The molecule has 1 aliphatic rings. The van der Waals surface area contributed by atoms with Crippen LogP contribution in [0.15, 0.2) is 18.2 Å². The number of nitrogen functional groups attached to an aromatic ring is 1. The molecule has 1 aromatic rings. The average Bonchev–Trinajstić information content (AvgIpc) is 2.49. The minimum Gasteiger partial charge on any atom is -0.396 e. The molecule has 116 valence electrons. The summed E-state index contributed by atoms with van der Waals surface area (Å²) in [6.07, 6.45) is 0. The minimum atomic E-state index is -3.38. The van der Waals surface area contributed by atoms with Gasteiger partial charge in [-0.15, -0.1) is 0 Å². The van der Waals surface area contributed by atoms with Gasteiger partial charge in [0.05, 0.1) is 5.69 Å². The van der Waals surface area contributed by atoms with Crippen molar-refractivity contribution in [2.75, 3.05) is 29.5 Å². The van der Waals surface area contributed by atoms with Crippen LogP contribution in [0.5, 0.6) is 0 Å². The van der Waals surface area contributed by atoms with Gasteiger partial charge < -0.3 is 10.6 Å². The monoisotopic (exact) mass is 332 g/mol. The molecule has 2 rings (SSSR count). The maximum Gasteiger partial charge on any atom is 0.255 e. The van der Waals surface area contributed by atoms with Crippen molar-refractivity contribution >= 4 is 33.2 Å². The lowest BCUT2D eigenvalue weighted by atomic mass is 10.1. The van der Waals surface area contributed by atoms with Gasteiger partial charge in [-0.05, 0) is 18.2 Å². The third kappa shape index (κ3) is 3.32. The summed E-state index contributed by atoms with van der Waals surface area (Å²) in [6, 6.07) is 3.78. The number of nitrogens with two attached hydrogens (primary N) is 1. The van der Waals surface area contributed by atoms with Crippen LogP contribution in [0.1, 0.15) is 17.3 Å². The van der Waals surface area contributed by atoms with Gasteiger partial charge in [-0.3, -0.25) is 4.79 Å². The van der Waals surface area contributed by atoms with Crippen molar-refractivity contribution in [3.8, 4) is 0 Å². The van der Waals surface area contributed by atoms with E-state index in [0.29, 0.717) is 18.1 Å². The van der Waals surface area contributed by atoms with E-state index in [2.05, 4.69) is 0 Å². The first-order chi connectivity index (χ1) is 9.86. The first-order valence-electron chi connectivity index (χ1n) is 6.52. The maximum atomic E-state index is 13.5. The van der Waals surface area contributed by atoms with E-state index in [4.69, 9.17) is 5.73 Å². The molecule has 0 aromatic heterocycles. The summed E-state index contributed by atoms with van der Waals surface area (Å²) < 4.78 is 37.7. The smallest absolute Gasteiger partial charge is 0.255 e. The predicted molar refractivity (Wildman–Crippen MR) is 82.4 cm³/mol. The molecule has 8 heteroatoms. The normalized spacial score (nSPS) is 19.5. The van der Waals surface area contributed by atoms with Gasteiger partial charge in [0.15, 0.2) is 9.84 Å². The number of amides is 1. The van der Waals surface area contributed by atoms with Gasteiger partial charge in [0.25, 0.3) is 5.91 Å². The number of benzene rings is 1. The summed E-state index contributed by atoms with van der Waals surface area (Å²) in [5.41, 5.74) is 5.46. The van der Waals surface area contributed by atoms with Gasteiger partial charge in [0, 0.05) is 29.4 Å². The number of carbonyl (C=O) groups excluding carboxylic acids is 1. The molecule has 0 aliphatic carbocycles. The summed E-state index contributed by atoms with van der Waals surface area (Å²) in [5, 5.41) is -0.852. The van der Waals surface area contributed by atoms with Crippen molar-refractivity contribution in [2.24, 2.45) is 0 Å². The van der Waals surface area contributed by atoms with E-state index in [-0.39, 0.29) is 17.0 Å². The fourth-order valence-electron chi connectivity index (χ4n) is 2.13. The lowest BCUT2D eigenvalue weighted by Crippen LogP contribution is -2.50. The molecular formula is C13H17FN2O3S2. The zero-order valence-corrected chi connectivity index (χ0v) is 13.2. The minimum absolute atomic E-state index is 0.0297. The number of hydrogen-bond acceptors (Lipinski definition) is 5. The van der Waals surface area contributed by atoms with Crippen LogP contribution in [0.25, 0.3) is 0 Å². The summed E-state index contributed by atoms with van der Waals surface area (Å²) in [5.74, 6) is -0.172. The number of halogens is 1. The van der Waals surface area contributed by atoms with E-state index in [1.165, 1.54) is 28.8 Å². The van der Waals surface area contributed by atoms with Crippen molar-refractivity contribution in [3.05, 3.63) is 29.6 Å². The molecule has 1 fully saturated rings. The van der Waals surface area contributed by atoms with Gasteiger partial charge in [-0.2, -0.15) is 11.8 Å². The second kappa shape index (κ2) is 6.23. The van der Waals surface area contributed by atoms with Crippen LogP contribution in [0, 0.1) is 5.82 Å². The molecule has 1 saturated heterocycles. The molecule has 0 radical (unpaired) electrons. The Morgan fingerprint density at radius 3 is 2.86 bits per heavy atom. The van der Waals surface area contributed by atoms with E-state index in [9.17, 15) is 17.6 Å². The van der Waals surface area contributed by atoms with Gasteiger partial charge >= 0.3 is 0 Å². The number of thioether (sulfide) groups is 1. The van der Waals surface area contributed by atoms with E-state index in [1.807, 2.05) is 0 Å². The summed E-state index contributed by atoms with van der Waals surface area (Å²) in [4.78, 5) is 13.8. The van der Waals surface area contributed by atoms with Crippen LogP contribution in [-0.2, 0) is 9.84 Å². The van der Waals surface area contributed by atoms with Crippen LogP contribution in [-0.4, -0.2) is 48.4 Å². The number of rotatable bonds is 3. The Morgan fingerprint density at radius 2 is 2.24 bits per heavy atom. The van der Waals surface area contributed by atoms with Crippen molar-refractivity contribution in [1.82, 2.24) is 4.90 Å². The molecular weight excluding hydrogens is 315 g/mol. The number of hydrogen-bond donors (Lipinski definition) is 1. The highest BCUT2D eigenvalue weighted by Gasteiger charge is 2.36. The number of sulfone groups is 1. The zero-order chi connectivity index (χ0) is 15.6. The number of nitrogens with zero attached hydrogens (tertiary/aromatic N) is 1.